The number of nitrogens with zero attached hydrogens (tertiary/aromatic N) is 2. The number of anilines is 1. The van der Waals surface area contributed by atoms with Crippen LogP contribution in [0.5, 0.6) is 11.5 Å². The van der Waals surface area contributed by atoms with Gasteiger partial charge in [0.2, 0.25) is 16.8 Å². The van der Waals surface area contributed by atoms with Gasteiger partial charge in [-0.2, -0.15) is 0 Å². The highest BCUT2D eigenvalue weighted by atomic mass is 32.2. The van der Waals surface area contributed by atoms with E-state index in [1.807, 2.05) is 24.3 Å². The summed E-state index contributed by atoms with van der Waals surface area (Å²) in [6.45, 7) is 0.232. The van der Waals surface area contributed by atoms with Gasteiger partial charge in [0.15, 0.2) is 11.5 Å². The topological polar surface area (TPSA) is 90.4 Å². The van der Waals surface area contributed by atoms with E-state index in [9.17, 15) is 8.42 Å². The molecule has 146 valence electrons. The summed E-state index contributed by atoms with van der Waals surface area (Å²) in [6.07, 6.45) is 5.65. The molecule has 1 aromatic heterocycles. The predicted molar refractivity (Wildman–Crippen MR) is 109 cm³/mol. The molecule has 1 aliphatic heterocycles. The first-order valence-electron chi connectivity index (χ1n) is 9.01. The highest BCUT2D eigenvalue weighted by Crippen LogP contribution is 2.38. The average molecular weight is 407 g/mol. The summed E-state index contributed by atoms with van der Waals surface area (Å²) in [6, 6.07) is 12.9. The molecule has 0 unspecified atom stereocenters. The molecule has 5 rings (SSSR count). The van der Waals surface area contributed by atoms with E-state index in [-0.39, 0.29) is 6.79 Å². The van der Waals surface area contributed by atoms with Gasteiger partial charge >= 0.3 is 0 Å². The minimum atomic E-state index is -3.35. The van der Waals surface area contributed by atoms with Gasteiger partial charge in [0.05, 0.1) is 29.5 Å². The van der Waals surface area contributed by atoms with Crippen LogP contribution in [-0.4, -0.2) is 31.4 Å². The zero-order valence-corrected chi connectivity index (χ0v) is 16.4. The van der Waals surface area contributed by atoms with Crippen LogP contribution in [0.25, 0.3) is 16.8 Å². The molecule has 2 aromatic carbocycles. The molecule has 3 aromatic rings. The first-order chi connectivity index (χ1) is 14.0. The number of hydrogen-bond acceptors (Lipinski definition) is 6. The number of rotatable bonds is 4. The van der Waals surface area contributed by atoms with Crippen molar-refractivity contribution in [3.63, 3.8) is 0 Å². The number of fused-ring (bicyclic) bond motifs is 2. The number of aromatic nitrogens is 2. The van der Waals surface area contributed by atoms with Crippen molar-refractivity contribution < 1.29 is 17.9 Å². The smallest absolute Gasteiger partial charge is 0.231 e. The summed E-state index contributed by atoms with van der Waals surface area (Å²) in [5, 5.41) is 0. The third kappa shape index (κ3) is 3.42. The van der Waals surface area contributed by atoms with E-state index < -0.39 is 10.0 Å². The maximum atomic E-state index is 11.5. The lowest BCUT2D eigenvalue weighted by atomic mass is 10.0. The Bertz CT molecular complexity index is 1270. The van der Waals surface area contributed by atoms with Crippen LogP contribution in [-0.2, 0) is 16.4 Å². The Hall–Kier alpha value is -3.39. The van der Waals surface area contributed by atoms with Crippen LogP contribution >= 0.6 is 0 Å². The van der Waals surface area contributed by atoms with Crippen molar-refractivity contribution in [1.29, 1.82) is 0 Å². The minimum Gasteiger partial charge on any atom is -0.454 e. The highest BCUT2D eigenvalue weighted by Gasteiger charge is 2.22. The van der Waals surface area contributed by atoms with E-state index >= 15 is 0 Å². The number of ether oxygens (including phenoxy) is 2. The Morgan fingerprint density at radius 1 is 1.03 bits per heavy atom. The van der Waals surface area contributed by atoms with E-state index in [4.69, 9.17) is 14.5 Å². The molecule has 2 heterocycles. The van der Waals surface area contributed by atoms with Crippen LogP contribution in [0.1, 0.15) is 17.0 Å². The largest absolute Gasteiger partial charge is 0.454 e. The average Bonchev–Trinajstić information content (AvgIpc) is 3.32. The molecule has 0 atom stereocenters. The predicted octanol–water partition coefficient (Wildman–Crippen LogP) is 3.23. The molecule has 0 bridgehead atoms. The zero-order chi connectivity index (χ0) is 20.0. The maximum absolute atomic E-state index is 11.5. The minimum absolute atomic E-state index is 0.232. The summed E-state index contributed by atoms with van der Waals surface area (Å²) in [4.78, 5) is 9.41. The molecule has 1 N–H and O–H groups in total. The highest BCUT2D eigenvalue weighted by molar-refractivity contribution is 7.92. The molecule has 8 heteroatoms. The third-order valence-electron chi connectivity index (χ3n) is 4.75. The van der Waals surface area contributed by atoms with Crippen LogP contribution in [0.15, 0.2) is 54.7 Å². The van der Waals surface area contributed by atoms with Gasteiger partial charge in [0, 0.05) is 23.2 Å². The van der Waals surface area contributed by atoms with Gasteiger partial charge in [-0.15, -0.1) is 0 Å². The Balaban J connectivity index is 1.51. The molecule has 2 aliphatic rings. The summed E-state index contributed by atoms with van der Waals surface area (Å²) < 4.78 is 36.4. The van der Waals surface area contributed by atoms with Gasteiger partial charge in [-0.3, -0.25) is 9.71 Å². The van der Waals surface area contributed by atoms with Gasteiger partial charge in [-0.05, 0) is 29.8 Å². The van der Waals surface area contributed by atoms with E-state index in [1.54, 1.807) is 24.4 Å². The van der Waals surface area contributed by atoms with Crippen LogP contribution in [0.4, 0.5) is 5.69 Å². The first-order valence-corrected chi connectivity index (χ1v) is 10.9. The van der Waals surface area contributed by atoms with E-state index in [1.165, 1.54) is 0 Å². The molecule has 0 amide bonds. The van der Waals surface area contributed by atoms with Crippen molar-refractivity contribution in [3.05, 3.63) is 71.7 Å². The zero-order valence-electron chi connectivity index (χ0n) is 15.5. The van der Waals surface area contributed by atoms with E-state index in [0.29, 0.717) is 17.8 Å². The first kappa shape index (κ1) is 17.7. The van der Waals surface area contributed by atoms with Gasteiger partial charge in [-0.25, -0.2) is 13.4 Å². The summed E-state index contributed by atoms with van der Waals surface area (Å²) >= 11 is 0. The second kappa shape index (κ2) is 6.59. The third-order valence-corrected chi connectivity index (χ3v) is 5.35. The normalized spacial score (nSPS) is 14.4. The fourth-order valence-electron chi connectivity index (χ4n) is 3.49. The standard InChI is InChI=1S/C21H17N3O4S/c1-29(25,26)24-15-4-2-3-14(9-15)18-11-22-17-7-6-16(21(17)23-18)13-5-8-19-20(10-13)28-12-27-19/h2-6,8-11,24H,7,12H2,1H3. The van der Waals surface area contributed by atoms with Crippen molar-refractivity contribution >= 4 is 21.3 Å². The maximum Gasteiger partial charge on any atom is 0.231 e. The number of nitrogens with one attached hydrogen (secondary N) is 1. The van der Waals surface area contributed by atoms with E-state index in [0.717, 1.165) is 45.8 Å². The lowest BCUT2D eigenvalue weighted by Crippen LogP contribution is -2.09. The number of sulfonamides is 1. The van der Waals surface area contributed by atoms with Crippen LogP contribution in [0, 0.1) is 0 Å². The summed E-state index contributed by atoms with van der Waals surface area (Å²) in [7, 11) is -3.35. The lowest BCUT2D eigenvalue weighted by Gasteiger charge is -2.10. The van der Waals surface area contributed by atoms with Crippen LogP contribution in [0.2, 0.25) is 0 Å². The van der Waals surface area contributed by atoms with Gasteiger partial charge < -0.3 is 9.47 Å². The lowest BCUT2D eigenvalue weighted by molar-refractivity contribution is 0.174. The van der Waals surface area contributed by atoms with Crippen molar-refractivity contribution in [1.82, 2.24) is 9.97 Å². The van der Waals surface area contributed by atoms with Crippen molar-refractivity contribution in [3.8, 4) is 22.8 Å². The van der Waals surface area contributed by atoms with Gasteiger partial charge in [-0.1, -0.05) is 24.3 Å². The molecule has 29 heavy (non-hydrogen) atoms. The molecule has 1 aliphatic carbocycles. The quantitative estimate of drug-likeness (QED) is 0.714. The Morgan fingerprint density at radius 2 is 1.90 bits per heavy atom. The van der Waals surface area contributed by atoms with Gasteiger partial charge in [0.25, 0.3) is 0 Å². The van der Waals surface area contributed by atoms with Crippen molar-refractivity contribution in [2.75, 3.05) is 17.8 Å². The molecule has 7 nitrogen and oxygen atoms in total. The van der Waals surface area contributed by atoms with Crippen LogP contribution in [0.3, 0.4) is 0 Å². The number of allylic oxidation sites excluding steroid dienone is 1. The fraction of sp³-hybridized carbons (Fsp3) is 0.143. The molecule has 0 saturated heterocycles. The van der Waals surface area contributed by atoms with Crippen LogP contribution < -0.4 is 14.2 Å². The summed E-state index contributed by atoms with van der Waals surface area (Å²) in [5.41, 5.74) is 5.67. The molecular formula is C21H17N3O4S. The fourth-order valence-corrected chi connectivity index (χ4v) is 4.04. The van der Waals surface area contributed by atoms with E-state index in [2.05, 4.69) is 15.8 Å². The molecular weight excluding hydrogens is 390 g/mol. The molecule has 0 radical (unpaired) electrons. The van der Waals surface area contributed by atoms with Gasteiger partial charge in [0.1, 0.15) is 0 Å². The Morgan fingerprint density at radius 3 is 2.76 bits per heavy atom. The summed E-state index contributed by atoms with van der Waals surface area (Å²) in [5.74, 6) is 1.46. The monoisotopic (exact) mass is 407 g/mol. The number of hydrogen-bond donors (Lipinski definition) is 1. The van der Waals surface area contributed by atoms with Crippen molar-refractivity contribution in [2.45, 2.75) is 6.42 Å². The Labute approximate surface area is 168 Å². The second-order valence-electron chi connectivity index (χ2n) is 6.90. The SMILES string of the molecule is CS(=O)(=O)Nc1cccc(-c2cnc3c(n2)C(c2ccc4c(c2)OCO4)=CC3)c1. The molecule has 0 spiro atoms. The number of benzene rings is 2. The Kier molecular flexibility index (Phi) is 4.02. The molecule has 0 saturated carbocycles. The molecule has 0 fully saturated rings. The van der Waals surface area contributed by atoms with Crippen molar-refractivity contribution in [2.24, 2.45) is 0 Å². The second-order valence-corrected chi connectivity index (χ2v) is 8.64.